The van der Waals surface area contributed by atoms with Gasteiger partial charge in [-0.2, -0.15) is 0 Å². The first kappa shape index (κ1) is 27.8. The van der Waals surface area contributed by atoms with Crippen molar-refractivity contribution in [1.82, 2.24) is 9.97 Å². The standard InChI is InChI=1S/C29H40N2O4Si/c1-29(2,3)36(5,6)35-25(20-13-8-7-10-15-22-16-11-9-12-17-22)27-30-21-26(34-27)23-18-14-19-24(31-23)28(32)33-4/h9,11-12,14,16-19,21,25H,7-8,10,13,15,20H2,1-6H3. The predicted octanol–water partition coefficient (Wildman–Crippen LogP) is 7.78. The third kappa shape index (κ3) is 7.61. The number of oxazole rings is 1. The van der Waals surface area contributed by atoms with Gasteiger partial charge in [0.2, 0.25) is 5.89 Å². The zero-order valence-corrected chi connectivity index (χ0v) is 23.5. The summed E-state index contributed by atoms with van der Waals surface area (Å²) in [5, 5.41) is 0.0761. The number of benzene rings is 1. The van der Waals surface area contributed by atoms with Gasteiger partial charge in [-0.3, -0.25) is 0 Å². The molecule has 3 rings (SSSR count). The van der Waals surface area contributed by atoms with Gasteiger partial charge in [0.15, 0.2) is 14.1 Å². The molecule has 6 nitrogen and oxygen atoms in total. The van der Waals surface area contributed by atoms with E-state index in [0.717, 1.165) is 25.7 Å². The lowest BCUT2D eigenvalue weighted by Gasteiger charge is -2.38. The molecular formula is C29H40N2O4Si. The van der Waals surface area contributed by atoms with Gasteiger partial charge in [0.1, 0.15) is 17.5 Å². The number of carbonyl (C=O) groups excluding carboxylic acids is 1. The van der Waals surface area contributed by atoms with Crippen molar-refractivity contribution in [2.24, 2.45) is 0 Å². The van der Waals surface area contributed by atoms with Crippen molar-refractivity contribution in [3.8, 4) is 11.5 Å². The molecule has 0 saturated heterocycles. The van der Waals surface area contributed by atoms with Gasteiger partial charge < -0.3 is 13.6 Å². The largest absolute Gasteiger partial charge is 0.464 e. The lowest BCUT2D eigenvalue weighted by Crippen LogP contribution is -2.41. The number of carbonyl (C=O) groups is 1. The van der Waals surface area contributed by atoms with E-state index in [1.165, 1.54) is 25.5 Å². The van der Waals surface area contributed by atoms with Crippen LogP contribution in [0.4, 0.5) is 0 Å². The molecule has 0 saturated carbocycles. The highest BCUT2D eigenvalue weighted by Crippen LogP contribution is 2.41. The van der Waals surface area contributed by atoms with Crippen molar-refractivity contribution in [3.63, 3.8) is 0 Å². The molecule has 0 N–H and O–H groups in total. The normalized spacial score (nSPS) is 12.9. The van der Waals surface area contributed by atoms with Gasteiger partial charge in [0.05, 0.1) is 13.3 Å². The van der Waals surface area contributed by atoms with E-state index in [-0.39, 0.29) is 16.8 Å². The summed E-state index contributed by atoms with van der Waals surface area (Å²) in [7, 11) is -0.705. The summed E-state index contributed by atoms with van der Waals surface area (Å²) >= 11 is 0. The predicted molar refractivity (Wildman–Crippen MR) is 145 cm³/mol. The van der Waals surface area contributed by atoms with E-state index in [4.69, 9.17) is 13.6 Å². The van der Waals surface area contributed by atoms with Gasteiger partial charge in [0, 0.05) is 0 Å². The Morgan fingerprint density at radius 1 is 1.00 bits per heavy atom. The molecular weight excluding hydrogens is 468 g/mol. The molecule has 1 atom stereocenters. The Bertz CT molecular complexity index is 1110. The molecule has 3 aromatic rings. The van der Waals surface area contributed by atoms with Crippen LogP contribution in [0.25, 0.3) is 11.5 Å². The van der Waals surface area contributed by atoms with Crippen LogP contribution < -0.4 is 0 Å². The molecule has 0 fully saturated rings. The third-order valence-corrected chi connectivity index (χ3v) is 11.4. The van der Waals surface area contributed by atoms with Crippen molar-refractivity contribution >= 4 is 14.3 Å². The van der Waals surface area contributed by atoms with Crippen LogP contribution in [0.5, 0.6) is 0 Å². The van der Waals surface area contributed by atoms with Gasteiger partial charge in [-0.05, 0) is 55.1 Å². The number of ether oxygens (including phenoxy) is 1. The summed E-state index contributed by atoms with van der Waals surface area (Å²) in [6, 6.07) is 15.8. The number of esters is 1. The molecule has 2 aromatic heterocycles. The van der Waals surface area contributed by atoms with Gasteiger partial charge in [-0.25, -0.2) is 14.8 Å². The van der Waals surface area contributed by atoms with Crippen molar-refractivity contribution < 1.29 is 18.4 Å². The fourth-order valence-corrected chi connectivity index (χ4v) is 5.05. The van der Waals surface area contributed by atoms with E-state index in [1.54, 1.807) is 24.4 Å². The number of unbranched alkanes of at least 4 members (excludes halogenated alkanes) is 3. The lowest BCUT2D eigenvalue weighted by atomic mass is 10.0. The van der Waals surface area contributed by atoms with E-state index in [2.05, 4.69) is 74.2 Å². The lowest BCUT2D eigenvalue weighted by molar-refractivity contribution is 0.0594. The van der Waals surface area contributed by atoms with Crippen LogP contribution in [0, 0.1) is 0 Å². The molecule has 0 spiro atoms. The topological polar surface area (TPSA) is 74.5 Å². The van der Waals surface area contributed by atoms with Crippen LogP contribution in [-0.4, -0.2) is 31.4 Å². The number of hydrogen-bond donors (Lipinski definition) is 0. The maximum atomic E-state index is 11.9. The minimum atomic E-state index is -2.05. The van der Waals surface area contributed by atoms with Crippen molar-refractivity contribution in [2.75, 3.05) is 7.11 Å². The van der Waals surface area contributed by atoms with E-state index < -0.39 is 14.3 Å². The number of aromatic nitrogens is 2. The summed E-state index contributed by atoms with van der Waals surface area (Å²) in [5.41, 5.74) is 2.18. The van der Waals surface area contributed by atoms with Gasteiger partial charge in [0.25, 0.3) is 0 Å². The Morgan fingerprint density at radius 2 is 1.72 bits per heavy atom. The Labute approximate surface area is 216 Å². The van der Waals surface area contributed by atoms with Gasteiger partial charge in [-0.1, -0.05) is 76.4 Å². The smallest absolute Gasteiger partial charge is 0.356 e. The second-order valence-corrected chi connectivity index (χ2v) is 15.5. The summed E-state index contributed by atoms with van der Waals surface area (Å²) < 4.78 is 17.7. The molecule has 1 aromatic carbocycles. The Hall–Kier alpha value is -2.77. The summed E-state index contributed by atoms with van der Waals surface area (Å²) in [6.45, 7) is 11.2. The number of methoxy groups -OCH3 is 1. The third-order valence-electron chi connectivity index (χ3n) is 6.96. The molecule has 36 heavy (non-hydrogen) atoms. The molecule has 194 valence electrons. The molecule has 2 heterocycles. The van der Waals surface area contributed by atoms with Crippen molar-refractivity contribution in [3.05, 3.63) is 71.9 Å². The highest BCUT2D eigenvalue weighted by molar-refractivity contribution is 6.74. The zero-order chi connectivity index (χ0) is 26.2. The van der Waals surface area contributed by atoms with Crippen molar-refractivity contribution in [2.45, 2.75) is 83.5 Å². The highest BCUT2D eigenvalue weighted by Gasteiger charge is 2.40. The summed E-state index contributed by atoms with van der Waals surface area (Å²) in [6.07, 6.45) is 7.98. The Balaban J connectivity index is 1.68. The Kier molecular flexibility index (Phi) is 9.62. The second-order valence-electron chi connectivity index (χ2n) is 10.8. The molecule has 7 heteroatoms. The van der Waals surface area contributed by atoms with E-state index in [0.29, 0.717) is 17.3 Å². The molecule has 0 aliphatic carbocycles. The monoisotopic (exact) mass is 508 g/mol. The number of rotatable bonds is 12. The molecule has 0 amide bonds. The summed E-state index contributed by atoms with van der Waals surface area (Å²) in [5.74, 6) is 0.606. The Morgan fingerprint density at radius 3 is 2.42 bits per heavy atom. The first-order valence-electron chi connectivity index (χ1n) is 12.8. The molecule has 0 bridgehead atoms. The van der Waals surface area contributed by atoms with E-state index in [9.17, 15) is 4.79 Å². The quantitative estimate of drug-likeness (QED) is 0.141. The SMILES string of the molecule is COC(=O)c1cccc(-c2cnc(C(CCCCCCc3ccccc3)O[Si](C)(C)C(C)(C)C)o2)n1. The highest BCUT2D eigenvalue weighted by atomic mass is 28.4. The number of hydrogen-bond acceptors (Lipinski definition) is 6. The zero-order valence-electron chi connectivity index (χ0n) is 22.5. The summed E-state index contributed by atoms with van der Waals surface area (Å²) in [4.78, 5) is 20.9. The van der Waals surface area contributed by atoms with Crippen molar-refractivity contribution in [1.29, 1.82) is 0 Å². The average Bonchev–Trinajstić information content (AvgIpc) is 3.35. The molecule has 0 aliphatic heterocycles. The van der Waals surface area contributed by atoms with E-state index >= 15 is 0 Å². The number of nitrogens with zero attached hydrogens (tertiary/aromatic N) is 2. The first-order chi connectivity index (χ1) is 17.1. The fraction of sp³-hybridized carbons (Fsp3) is 0.483. The van der Waals surface area contributed by atoms with Crippen LogP contribution >= 0.6 is 0 Å². The fourth-order valence-electron chi connectivity index (χ4n) is 3.77. The molecule has 0 aliphatic rings. The van der Waals surface area contributed by atoms with E-state index in [1.807, 2.05) is 0 Å². The minimum Gasteiger partial charge on any atom is -0.464 e. The van der Waals surface area contributed by atoms with Gasteiger partial charge >= 0.3 is 5.97 Å². The van der Waals surface area contributed by atoms with Gasteiger partial charge in [-0.15, -0.1) is 0 Å². The first-order valence-corrected chi connectivity index (χ1v) is 15.7. The number of pyridine rings is 1. The number of aryl methyl sites for hydroxylation is 1. The van der Waals surface area contributed by atoms with Crippen LogP contribution in [0.3, 0.4) is 0 Å². The van der Waals surface area contributed by atoms with Crippen LogP contribution in [0.2, 0.25) is 18.1 Å². The van der Waals surface area contributed by atoms with Crippen LogP contribution in [0.1, 0.15) is 80.9 Å². The molecule has 1 unspecified atom stereocenters. The molecule has 0 radical (unpaired) electrons. The maximum absolute atomic E-state index is 11.9. The van der Waals surface area contributed by atoms with Crippen LogP contribution in [0.15, 0.2) is 59.1 Å². The second kappa shape index (κ2) is 12.5. The minimum absolute atomic E-state index is 0.0761. The van der Waals surface area contributed by atoms with Crippen LogP contribution in [-0.2, 0) is 15.6 Å². The average molecular weight is 509 g/mol. The maximum Gasteiger partial charge on any atom is 0.356 e.